The van der Waals surface area contributed by atoms with E-state index in [4.69, 9.17) is 21.0 Å². The number of carbonyl (C=O) groups excluding carboxylic acids is 2. The first-order chi connectivity index (χ1) is 13.8. The molecule has 0 aliphatic carbocycles. The summed E-state index contributed by atoms with van der Waals surface area (Å²) in [6.45, 7) is 5.63. The summed E-state index contributed by atoms with van der Waals surface area (Å²) in [5.74, 6) is -0.645. The second kappa shape index (κ2) is 8.84. The summed E-state index contributed by atoms with van der Waals surface area (Å²) in [4.78, 5) is 32.6. The van der Waals surface area contributed by atoms with E-state index in [0.717, 1.165) is 0 Å². The van der Waals surface area contributed by atoms with E-state index < -0.39 is 24.0 Å². The van der Waals surface area contributed by atoms with Crippen LogP contribution in [0.2, 0.25) is 5.02 Å². The van der Waals surface area contributed by atoms with Crippen molar-refractivity contribution in [3.63, 3.8) is 0 Å². The molecule has 0 radical (unpaired) electrons. The van der Waals surface area contributed by atoms with Gasteiger partial charge in [-0.1, -0.05) is 30.6 Å². The molecule has 8 nitrogen and oxygen atoms in total. The molecule has 29 heavy (non-hydrogen) atoms. The minimum atomic E-state index is -0.852. The zero-order valence-electron chi connectivity index (χ0n) is 16.5. The van der Waals surface area contributed by atoms with Crippen molar-refractivity contribution in [3.8, 4) is 5.75 Å². The summed E-state index contributed by atoms with van der Waals surface area (Å²) < 4.78 is 5.31. The van der Waals surface area contributed by atoms with Crippen LogP contribution in [0.5, 0.6) is 5.75 Å². The number of hydrogen-bond acceptors (Lipinski definition) is 6. The van der Waals surface area contributed by atoms with E-state index in [9.17, 15) is 14.7 Å². The Labute approximate surface area is 173 Å². The van der Waals surface area contributed by atoms with Gasteiger partial charge in [-0.25, -0.2) is 0 Å². The number of aliphatic hydroxyl groups is 1. The number of hydrogen-bond donors (Lipinski definition) is 2. The van der Waals surface area contributed by atoms with Gasteiger partial charge in [-0.15, -0.1) is 0 Å². The van der Waals surface area contributed by atoms with Crippen molar-refractivity contribution >= 4 is 23.4 Å². The number of aliphatic hydroxyl groups excluding tert-OH is 1. The van der Waals surface area contributed by atoms with Crippen molar-refractivity contribution in [2.45, 2.75) is 45.3 Å². The highest BCUT2D eigenvalue weighted by Gasteiger charge is 2.43. The highest BCUT2D eigenvalue weighted by molar-refractivity contribution is 6.30. The molecule has 2 heterocycles. The molecule has 156 valence electrons. The van der Waals surface area contributed by atoms with Crippen molar-refractivity contribution in [2.24, 2.45) is 5.92 Å². The van der Waals surface area contributed by atoms with Gasteiger partial charge in [-0.2, -0.15) is 5.48 Å². The zero-order valence-corrected chi connectivity index (χ0v) is 17.2. The monoisotopic (exact) mass is 421 g/mol. The lowest BCUT2D eigenvalue weighted by molar-refractivity contribution is -0.143. The van der Waals surface area contributed by atoms with Crippen molar-refractivity contribution in [1.29, 1.82) is 0 Å². The molecular formula is C20H24ClN3O5. The van der Waals surface area contributed by atoms with Crippen LogP contribution in [0.15, 0.2) is 34.9 Å². The van der Waals surface area contributed by atoms with Crippen LogP contribution in [0.25, 0.3) is 0 Å². The van der Waals surface area contributed by atoms with E-state index in [1.165, 1.54) is 4.90 Å². The third-order valence-electron chi connectivity index (χ3n) is 4.83. The Hall–Kier alpha value is -2.58. The molecule has 1 aromatic carbocycles. The standard InChI is InChI=1S/C20H24ClN3O5/c1-11(2)18(17-8-12(3)22-29-17)20(27)24-10-14(25)9-16(24)19(26)23-28-15-6-4-13(21)5-7-15/h4-8,11,14,16,18,25H,9-10H2,1-3H3,(H,23,26)/t14-,16+,18+/m1/s1. The fourth-order valence-corrected chi connectivity index (χ4v) is 3.56. The van der Waals surface area contributed by atoms with E-state index in [1.807, 2.05) is 13.8 Å². The predicted octanol–water partition coefficient (Wildman–Crippen LogP) is 2.45. The number of β-amino-alcohol motifs (C(OH)–C–C–N with tert-alkyl or cyclic N) is 1. The van der Waals surface area contributed by atoms with Crippen LogP contribution in [0.1, 0.15) is 37.6 Å². The minimum absolute atomic E-state index is 0.0637. The van der Waals surface area contributed by atoms with Gasteiger partial charge in [0.15, 0.2) is 5.75 Å². The first-order valence-corrected chi connectivity index (χ1v) is 9.78. The summed E-state index contributed by atoms with van der Waals surface area (Å²) >= 11 is 5.83. The molecule has 3 rings (SSSR count). The second-order valence-electron chi connectivity index (χ2n) is 7.51. The van der Waals surface area contributed by atoms with Crippen LogP contribution in [0.4, 0.5) is 0 Å². The van der Waals surface area contributed by atoms with Gasteiger partial charge in [0.1, 0.15) is 17.7 Å². The van der Waals surface area contributed by atoms with Crippen molar-refractivity contribution < 1.29 is 24.1 Å². The molecule has 0 saturated carbocycles. The Bertz CT molecular complexity index is 867. The SMILES string of the molecule is Cc1cc([C@@H](C(=O)N2C[C@H](O)C[C@H]2C(=O)NOc2ccc(Cl)cc2)C(C)C)on1. The number of hydroxylamine groups is 1. The van der Waals surface area contributed by atoms with Crippen LogP contribution in [0, 0.1) is 12.8 Å². The van der Waals surface area contributed by atoms with Gasteiger partial charge in [-0.3, -0.25) is 9.59 Å². The van der Waals surface area contributed by atoms with Gasteiger partial charge < -0.3 is 19.4 Å². The Morgan fingerprint density at radius 2 is 2.03 bits per heavy atom. The van der Waals surface area contributed by atoms with Gasteiger partial charge in [-0.05, 0) is 37.1 Å². The number of halogens is 1. The second-order valence-corrected chi connectivity index (χ2v) is 7.95. The highest BCUT2D eigenvalue weighted by atomic mass is 35.5. The number of carbonyl (C=O) groups is 2. The van der Waals surface area contributed by atoms with Gasteiger partial charge in [0, 0.05) is 24.1 Å². The van der Waals surface area contributed by atoms with Crippen LogP contribution < -0.4 is 10.3 Å². The first kappa shape index (κ1) is 21.1. The average Bonchev–Trinajstić information content (AvgIpc) is 3.26. The van der Waals surface area contributed by atoms with Gasteiger partial charge in [0.05, 0.1) is 11.8 Å². The third-order valence-corrected chi connectivity index (χ3v) is 5.09. The molecule has 3 atom stereocenters. The number of nitrogens with one attached hydrogen (secondary N) is 1. The number of benzene rings is 1. The first-order valence-electron chi connectivity index (χ1n) is 9.40. The maximum absolute atomic E-state index is 13.3. The fraction of sp³-hybridized carbons (Fsp3) is 0.450. The number of aromatic nitrogens is 1. The minimum Gasteiger partial charge on any atom is -0.391 e. The lowest BCUT2D eigenvalue weighted by Crippen LogP contribution is -2.48. The molecule has 0 spiro atoms. The van der Waals surface area contributed by atoms with Crippen LogP contribution in [-0.2, 0) is 9.59 Å². The van der Waals surface area contributed by atoms with Crippen molar-refractivity contribution in [2.75, 3.05) is 6.54 Å². The van der Waals surface area contributed by atoms with E-state index >= 15 is 0 Å². The quantitative estimate of drug-likeness (QED) is 0.694. The predicted molar refractivity (Wildman–Crippen MR) is 105 cm³/mol. The number of amides is 2. The number of nitrogens with zero attached hydrogens (tertiary/aromatic N) is 2. The van der Waals surface area contributed by atoms with Crippen LogP contribution >= 0.6 is 11.6 Å². The highest BCUT2D eigenvalue weighted by Crippen LogP contribution is 2.31. The topological polar surface area (TPSA) is 105 Å². The molecule has 2 amide bonds. The fourth-order valence-electron chi connectivity index (χ4n) is 3.43. The molecule has 2 aromatic rings. The van der Waals surface area contributed by atoms with E-state index in [2.05, 4.69) is 10.6 Å². The van der Waals surface area contributed by atoms with Crippen molar-refractivity contribution in [3.05, 3.63) is 46.8 Å². The number of rotatable bonds is 6. The molecule has 9 heteroatoms. The van der Waals surface area contributed by atoms with E-state index in [-0.39, 0.29) is 24.8 Å². The average molecular weight is 422 g/mol. The maximum Gasteiger partial charge on any atom is 0.275 e. The molecular weight excluding hydrogens is 398 g/mol. The Kier molecular flexibility index (Phi) is 6.44. The third kappa shape index (κ3) is 4.89. The molecule has 1 aromatic heterocycles. The van der Waals surface area contributed by atoms with E-state index in [0.29, 0.717) is 22.2 Å². The lowest BCUT2D eigenvalue weighted by Gasteiger charge is -2.28. The summed E-state index contributed by atoms with van der Waals surface area (Å²) in [7, 11) is 0. The Balaban J connectivity index is 1.73. The normalized spacial score (nSPS) is 20.0. The molecule has 0 unspecified atom stereocenters. The number of likely N-dealkylation sites (tertiary alicyclic amines) is 1. The van der Waals surface area contributed by atoms with Crippen molar-refractivity contribution in [1.82, 2.24) is 15.5 Å². The smallest absolute Gasteiger partial charge is 0.275 e. The maximum atomic E-state index is 13.3. The Morgan fingerprint density at radius 3 is 2.62 bits per heavy atom. The van der Waals surface area contributed by atoms with Gasteiger partial charge in [0.2, 0.25) is 5.91 Å². The molecule has 1 fully saturated rings. The summed E-state index contributed by atoms with van der Waals surface area (Å²) in [5.41, 5.74) is 3.03. The summed E-state index contributed by atoms with van der Waals surface area (Å²) in [6.07, 6.45) is -0.670. The molecule has 1 aliphatic rings. The van der Waals surface area contributed by atoms with Gasteiger partial charge >= 0.3 is 0 Å². The van der Waals surface area contributed by atoms with Crippen LogP contribution in [-0.4, -0.2) is 45.7 Å². The largest absolute Gasteiger partial charge is 0.391 e. The zero-order chi connectivity index (χ0) is 21.1. The Morgan fingerprint density at radius 1 is 1.34 bits per heavy atom. The van der Waals surface area contributed by atoms with E-state index in [1.54, 1.807) is 37.3 Å². The molecule has 1 saturated heterocycles. The van der Waals surface area contributed by atoms with Gasteiger partial charge in [0.25, 0.3) is 5.91 Å². The molecule has 2 N–H and O–H groups in total. The number of aryl methyl sites for hydroxylation is 1. The summed E-state index contributed by atoms with van der Waals surface area (Å²) in [5, 5.41) is 14.5. The van der Waals surface area contributed by atoms with Crippen LogP contribution in [0.3, 0.4) is 0 Å². The molecule has 1 aliphatic heterocycles. The molecule has 0 bridgehead atoms. The summed E-state index contributed by atoms with van der Waals surface area (Å²) in [6, 6.07) is 7.34. The lowest BCUT2D eigenvalue weighted by atomic mass is 9.91.